The highest BCUT2D eigenvalue weighted by molar-refractivity contribution is 7.90. The van der Waals surface area contributed by atoms with Crippen LogP contribution in [0.25, 0.3) is 0 Å². The molecule has 0 amide bonds. The number of halogens is 2. The van der Waals surface area contributed by atoms with Crippen molar-refractivity contribution in [1.29, 1.82) is 0 Å². The normalized spacial score (nSPS) is 15.8. The van der Waals surface area contributed by atoms with Gasteiger partial charge in [0.15, 0.2) is 0 Å². The lowest BCUT2D eigenvalue weighted by atomic mass is 10.1. The van der Waals surface area contributed by atoms with Gasteiger partial charge in [0.2, 0.25) is 0 Å². The Hall–Kier alpha value is -0.720. The van der Waals surface area contributed by atoms with Crippen LogP contribution in [-0.2, 0) is 11.4 Å². The van der Waals surface area contributed by atoms with E-state index in [0.717, 1.165) is 5.56 Å². The van der Waals surface area contributed by atoms with Gasteiger partial charge in [0.1, 0.15) is 10.4 Å². The number of hydrogen-bond acceptors (Lipinski definition) is 3. The number of nitrogens with zero attached hydrogens (tertiary/aromatic N) is 1. The van der Waals surface area contributed by atoms with Crippen molar-refractivity contribution in [2.24, 2.45) is 0 Å². The summed E-state index contributed by atoms with van der Waals surface area (Å²) in [4.78, 5) is 3.68. The van der Waals surface area contributed by atoms with Crippen molar-refractivity contribution in [3.63, 3.8) is 0 Å². The zero-order valence-electron chi connectivity index (χ0n) is 10.9. The topological polar surface area (TPSA) is 48.0 Å². The Kier molecular flexibility index (Phi) is 5.07. The third kappa shape index (κ3) is 4.19. The number of nitrogens with one attached hydrogen (secondary N) is 1. The molecule has 0 saturated heterocycles. The Labute approximate surface area is 109 Å². The van der Waals surface area contributed by atoms with Crippen molar-refractivity contribution in [3.8, 4) is 0 Å². The summed E-state index contributed by atoms with van der Waals surface area (Å²) in [6.07, 6.45) is -1.18. The molecule has 0 unspecified atom stereocenters. The van der Waals surface area contributed by atoms with Crippen LogP contribution in [0, 0.1) is 0 Å². The maximum atomic E-state index is 12.3. The van der Waals surface area contributed by atoms with Gasteiger partial charge in [-0.25, -0.2) is 8.78 Å². The van der Waals surface area contributed by atoms with E-state index in [2.05, 4.69) is 9.71 Å². The van der Waals surface area contributed by atoms with Crippen molar-refractivity contribution in [2.45, 2.75) is 44.9 Å². The monoisotopic (exact) mass is 276 g/mol. The van der Waals surface area contributed by atoms with E-state index in [-0.39, 0.29) is 16.5 Å². The highest BCUT2D eigenvalue weighted by Crippen LogP contribution is 2.21. The molecule has 3 nitrogen and oxygen atoms in total. The molecule has 0 spiro atoms. The van der Waals surface area contributed by atoms with Crippen molar-refractivity contribution < 1.29 is 13.3 Å². The molecular formula is C12H18F2N2OS. The number of aromatic nitrogens is 1. The van der Waals surface area contributed by atoms with Gasteiger partial charge in [0.05, 0.1) is 6.04 Å². The molecule has 0 aliphatic rings. The fourth-order valence-electron chi connectivity index (χ4n) is 1.21. The Balaban J connectivity index is 2.70. The summed E-state index contributed by atoms with van der Waals surface area (Å²) in [5.74, 6) is 0. The number of hydrogen-bond donors (Lipinski definition) is 1. The van der Waals surface area contributed by atoms with E-state index in [0.29, 0.717) is 0 Å². The summed E-state index contributed by atoms with van der Waals surface area (Å²) >= 11 is -1.21. The van der Waals surface area contributed by atoms with E-state index < -0.39 is 17.8 Å². The van der Waals surface area contributed by atoms with Crippen LogP contribution < -0.4 is 4.72 Å². The molecule has 6 heteroatoms. The molecule has 1 N–H and O–H groups in total. The third-order valence-electron chi connectivity index (χ3n) is 2.37. The summed E-state index contributed by atoms with van der Waals surface area (Å²) in [6.45, 7) is 7.41. The fraction of sp³-hybridized carbons (Fsp3) is 0.583. The zero-order chi connectivity index (χ0) is 13.9. The summed E-state index contributed by atoms with van der Waals surface area (Å²) in [7, 11) is 0. The molecule has 0 radical (unpaired) electrons. The van der Waals surface area contributed by atoms with Gasteiger partial charge >= 0.3 is 0 Å². The van der Waals surface area contributed by atoms with Crippen LogP contribution in [-0.4, -0.2) is 14.3 Å². The lowest BCUT2D eigenvalue weighted by Gasteiger charge is -2.26. The minimum atomic E-state index is -2.56. The zero-order valence-corrected chi connectivity index (χ0v) is 11.7. The summed E-state index contributed by atoms with van der Waals surface area (Å²) < 4.78 is 39.1. The van der Waals surface area contributed by atoms with Gasteiger partial charge in [-0.15, -0.1) is 4.72 Å². The first kappa shape index (κ1) is 15.3. The van der Waals surface area contributed by atoms with Gasteiger partial charge < -0.3 is 4.55 Å². The van der Waals surface area contributed by atoms with Crippen LogP contribution in [0.15, 0.2) is 18.3 Å². The van der Waals surface area contributed by atoms with Gasteiger partial charge in [-0.1, -0.05) is 6.07 Å². The number of rotatable bonds is 4. The van der Waals surface area contributed by atoms with E-state index >= 15 is 0 Å². The smallest absolute Gasteiger partial charge is 0.280 e. The molecule has 0 saturated carbocycles. The predicted octanol–water partition coefficient (Wildman–Crippen LogP) is 3.13. The van der Waals surface area contributed by atoms with Crippen LogP contribution >= 0.6 is 0 Å². The molecule has 1 aromatic rings. The van der Waals surface area contributed by atoms with Gasteiger partial charge in [-0.2, -0.15) is 0 Å². The Morgan fingerprint density at radius 2 is 1.94 bits per heavy atom. The Morgan fingerprint density at radius 3 is 2.33 bits per heavy atom. The van der Waals surface area contributed by atoms with Crippen molar-refractivity contribution >= 4 is 11.4 Å². The summed E-state index contributed by atoms with van der Waals surface area (Å²) in [5.41, 5.74) is 0.486. The van der Waals surface area contributed by atoms with Crippen LogP contribution in [0.2, 0.25) is 0 Å². The molecule has 1 heterocycles. The molecule has 1 aromatic heterocycles. The SMILES string of the molecule is C[C@@H](N[S@@+]([O-])C(C)(C)C)c1ccc(C(F)F)nc1. The second kappa shape index (κ2) is 5.95. The van der Waals surface area contributed by atoms with E-state index in [4.69, 9.17) is 0 Å². The molecule has 0 aliphatic carbocycles. The molecule has 0 bridgehead atoms. The molecule has 0 fully saturated rings. The average Bonchev–Trinajstić information content (AvgIpc) is 2.27. The lowest BCUT2D eigenvalue weighted by Crippen LogP contribution is -2.40. The molecule has 18 heavy (non-hydrogen) atoms. The predicted molar refractivity (Wildman–Crippen MR) is 68.6 cm³/mol. The molecule has 0 aliphatic heterocycles. The van der Waals surface area contributed by atoms with Crippen LogP contribution in [0.3, 0.4) is 0 Å². The maximum Gasteiger partial charge on any atom is 0.280 e. The average molecular weight is 276 g/mol. The highest BCUT2D eigenvalue weighted by Gasteiger charge is 2.28. The van der Waals surface area contributed by atoms with Crippen molar-refractivity contribution in [3.05, 3.63) is 29.6 Å². The van der Waals surface area contributed by atoms with E-state index in [1.807, 2.05) is 27.7 Å². The lowest BCUT2D eigenvalue weighted by molar-refractivity contribution is 0.146. The second-order valence-electron chi connectivity index (χ2n) is 5.04. The van der Waals surface area contributed by atoms with Gasteiger partial charge in [-0.3, -0.25) is 4.98 Å². The van der Waals surface area contributed by atoms with E-state index in [9.17, 15) is 13.3 Å². The minimum Gasteiger partial charge on any atom is -0.598 e. The largest absolute Gasteiger partial charge is 0.598 e. The molecule has 102 valence electrons. The molecule has 0 aromatic carbocycles. The van der Waals surface area contributed by atoms with Crippen molar-refractivity contribution in [1.82, 2.24) is 9.71 Å². The summed E-state index contributed by atoms with van der Waals surface area (Å²) in [6, 6.07) is 2.66. The molecule has 2 atom stereocenters. The quantitative estimate of drug-likeness (QED) is 0.859. The van der Waals surface area contributed by atoms with E-state index in [1.54, 1.807) is 6.07 Å². The first-order valence-corrected chi connectivity index (χ1v) is 6.79. The fourth-order valence-corrected chi connectivity index (χ4v) is 2.02. The van der Waals surface area contributed by atoms with Crippen LogP contribution in [0.5, 0.6) is 0 Å². The van der Waals surface area contributed by atoms with Gasteiger partial charge in [0, 0.05) is 17.6 Å². The number of alkyl halides is 2. The van der Waals surface area contributed by atoms with Crippen LogP contribution in [0.1, 0.15) is 51.4 Å². The first-order chi connectivity index (χ1) is 8.21. The third-order valence-corrected chi connectivity index (χ3v) is 4.05. The van der Waals surface area contributed by atoms with E-state index in [1.165, 1.54) is 12.3 Å². The molecular weight excluding hydrogens is 258 g/mol. The van der Waals surface area contributed by atoms with Crippen molar-refractivity contribution in [2.75, 3.05) is 0 Å². The molecule has 1 rings (SSSR count). The number of pyridine rings is 1. The van der Waals surface area contributed by atoms with Gasteiger partial charge in [0.25, 0.3) is 6.43 Å². The summed E-state index contributed by atoms with van der Waals surface area (Å²) in [5, 5.41) is 0. The maximum absolute atomic E-state index is 12.3. The standard InChI is InChI=1S/C12H18F2N2OS/c1-8(16-18(17)12(2,3)4)9-5-6-10(11(13)14)15-7-9/h5-8,11,16H,1-4H3/t8-,18+/m1/s1. The minimum absolute atomic E-state index is 0.204. The van der Waals surface area contributed by atoms with Gasteiger partial charge in [-0.05, 0) is 39.3 Å². The highest BCUT2D eigenvalue weighted by atomic mass is 32.2. The Morgan fingerprint density at radius 1 is 1.33 bits per heavy atom. The Bertz CT molecular complexity index is 379. The first-order valence-electron chi connectivity index (χ1n) is 5.64. The van der Waals surface area contributed by atoms with Crippen LogP contribution in [0.4, 0.5) is 8.78 Å². The second-order valence-corrected chi connectivity index (χ2v) is 7.04.